The van der Waals surface area contributed by atoms with E-state index in [0.717, 1.165) is 39.8 Å². The molecule has 2 heterocycles. The second-order valence-corrected chi connectivity index (χ2v) is 5.37. The monoisotopic (exact) mass is 281 g/mol. The molecule has 4 heteroatoms. The van der Waals surface area contributed by atoms with Gasteiger partial charge in [0.15, 0.2) is 0 Å². The standard InChI is InChI=1S/C17H19N3O/c1-4-15-14(10-20(3)19-15)17(21)13-7-8-16-12(9-13)6-5-11(2)18-16/h5-10,17,21H,4H2,1-3H3. The van der Waals surface area contributed by atoms with Crippen molar-refractivity contribution >= 4 is 10.9 Å². The van der Waals surface area contributed by atoms with Gasteiger partial charge in [-0.1, -0.05) is 19.1 Å². The Morgan fingerprint density at radius 2 is 2.05 bits per heavy atom. The van der Waals surface area contributed by atoms with Crippen LogP contribution in [-0.4, -0.2) is 19.9 Å². The average Bonchev–Trinajstić information content (AvgIpc) is 2.87. The predicted octanol–water partition coefficient (Wildman–Crippen LogP) is 2.92. The molecule has 1 aromatic carbocycles. The molecule has 3 aromatic rings. The first-order valence-electron chi connectivity index (χ1n) is 7.16. The molecule has 1 unspecified atom stereocenters. The van der Waals surface area contributed by atoms with Crippen molar-refractivity contribution in [3.05, 3.63) is 59.0 Å². The predicted molar refractivity (Wildman–Crippen MR) is 83.1 cm³/mol. The summed E-state index contributed by atoms with van der Waals surface area (Å²) in [7, 11) is 1.88. The Morgan fingerprint density at radius 3 is 2.81 bits per heavy atom. The van der Waals surface area contributed by atoms with Crippen molar-refractivity contribution in [1.29, 1.82) is 0 Å². The third-order valence-corrected chi connectivity index (χ3v) is 3.74. The second kappa shape index (κ2) is 5.30. The highest BCUT2D eigenvalue weighted by Gasteiger charge is 2.17. The maximum absolute atomic E-state index is 10.7. The quantitative estimate of drug-likeness (QED) is 0.803. The second-order valence-electron chi connectivity index (χ2n) is 5.37. The van der Waals surface area contributed by atoms with Gasteiger partial charge in [-0.2, -0.15) is 5.10 Å². The summed E-state index contributed by atoms with van der Waals surface area (Å²) in [5, 5.41) is 16.1. The average molecular weight is 281 g/mol. The zero-order valence-corrected chi connectivity index (χ0v) is 12.5. The van der Waals surface area contributed by atoms with Gasteiger partial charge in [0.25, 0.3) is 0 Å². The molecule has 21 heavy (non-hydrogen) atoms. The highest BCUT2D eigenvalue weighted by molar-refractivity contribution is 5.79. The molecule has 0 aliphatic heterocycles. The molecule has 0 aliphatic carbocycles. The Labute approximate surface area is 124 Å². The number of rotatable bonds is 3. The van der Waals surface area contributed by atoms with Crippen molar-refractivity contribution in [2.45, 2.75) is 26.4 Å². The third kappa shape index (κ3) is 2.54. The molecule has 0 spiro atoms. The number of fused-ring (bicyclic) bond motifs is 1. The lowest BCUT2D eigenvalue weighted by molar-refractivity contribution is 0.219. The van der Waals surface area contributed by atoms with Crippen LogP contribution in [0.25, 0.3) is 10.9 Å². The van der Waals surface area contributed by atoms with Crippen molar-refractivity contribution in [2.75, 3.05) is 0 Å². The number of pyridine rings is 1. The maximum Gasteiger partial charge on any atom is 0.107 e. The van der Waals surface area contributed by atoms with Gasteiger partial charge in [0.05, 0.1) is 11.2 Å². The van der Waals surface area contributed by atoms with Crippen molar-refractivity contribution in [3.8, 4) is 0 Å². The van der Waals surface area contributed by atoms with Crippen LogP contribution in [0.2, 0.25) is 0 Å². The van der Waals surface area contributed by atoms with Crippen LogP contribution in [0.15, 0.2) is 36.5 Å². The van der Waals surface area contributed by atoms with Crippen molar-refractivity contribution in [2.24, 2.45) is 7.05 Å². The minimum absolute atomic E-state index is 0.653. The molecule has 1 N–H and O–H groups in total. The van der Waals surface area contributed by atoms with Crippen LogP contribution >= 0.6 is 0 Å². The summed E-state index contributed by atoms with van der Waals surface area (Å²) in [5.74, 6) is 0. The Hall–Kier alpha value is -2.20. The molecular weight excluding hydrogens is 262 g/mol. The molecule has 0 radical (unpaired) electrons. The van der Waals surface area contributed by atoms with Gasteiger partial charge in [0, 0.05) is 29.9 Å². The zero-order chi connectivity index (χ0) is 15.0. The number of aryl methyl sites for hydroxylation is 3. The van der Waals surface area contributed by atoms with Gasteiger partial charge >= 0.3 is 0 Å². The van der Waals surface area contributed by atoms with E-state index in [1.165, 1.54) is 0 Å². The zero-order valence-electron chi connectivity index (χ0n) is 12.5. The van der Waals surface area contributed by atoms with Crippen LogP contribution < -0.4 is 0 Å². The fraction of sp³-hybridized carbons (Fsp3) is 0.294. The lowest BCUT2D eigenvalue weighted by Crippen LogP contribution is -2.02. The largest absolute Gasteiger partial charge is 0.384 e. The van der Waals surface area contributed by atoms with Gasteiger partial charge in [-0.25, -0.2) is 0 Å². The van der Waals surface area contributed by atoms with Gasteiger partial charge in [-0.3, -0.25) is 9.67 Å². The first-order chi connectivity index (χ1) is 10.1. The summed E-state index contributed by atoms with van der Waals surface area (Å²) >= 11 is 0. The van der Waals surface area contributed by atoms with E-state index in [-0.39, 0.29) is 0 Å². The van der Waals surface area contributed by atoms with E-state index < -0.39 is 6.10 Å². The topological polar surface area (TPSA) is 50.9 Å². The summed E-state index contributed by atoms with van der Waals surface area (Å²) in [6, 6.07) is 9.92. The highest BCUT2D eigenvalue weighted by Crippen LogP contribution is 2.27. The molecule has 3 rings (SSSR count). The number of benzene rings is 1. The molecule has 0 saturated heterocycles. The Morgan fingerprint density at radius 1 is 1.24 bits per heavy atom. The number of aromatic nitrogens is 3. The molecule has 2 aromatic heterocycles. The van der Waals surface area contributed by atoms with Crippen LogP contribution in [0.4, 0.5) is 0 Å². The SMILES string of the molecule is CCc1nn(C)cc1C(O)c1ccc2nc(C)ccc2c1. The molecule has 4 nitrogen and oxygen atoms in total. The first-order valence-corrected chi connectivity index (χ1v) is 7.16. The number of aliphatic hydroxyl groups is 1. The van der Waals surface area contributed by atoms with Crippen molar-refractivity contribution in [3.63, 3.8) is 0 Å². The number of nitrogens with zero attached hydrogens (tertiary/aromatic N) is 3. The molecule has 0 saturated carbocycles. The third-order valence-electron chi connectivity index (χ3n) is 3.74. The minimum atomic E-state index is -0.653. The Bertz CT molecular complexity index is 792. The normalized spacial score (nSPS) is 12.8. The van der Waals surface area contributed by atoms with Crippen LogP contribution in [0.3, 0.4) is 0 Å². The summed E-state index contributed by atoms with van der Waals surface area (Å²) in [6.45, 7) is 4.02. The molecule has 0 fully saturated rings. The lowest BCUT2D eigenvalue weighted by Gasteiger charge is -2.11. The molecule has 108 valence electrons. The number of hydrogen-bond acceptors (Lipinski definition) is 3. The van der Waals surface area contributed by atoms with Gasteiger partial charge in [0.2, 0.25) is 0 Å². The molecule has 0 aliphatic rings. The molecular formula is C17H19N3O. The van der Waals surface area contributed by atoms with E-state index in [2.05, 4.69) is 10.1 Å². The van der Waals surface area contributed by atoms with E-state index >= 15 is 0 Å². The highest BCUT2D eigenvalue weighted by atomic mass is 16.3. The summed E-state index contributed by atoms with van der Waals surface area (Å²) < 4.78 is 1.75. The van der Waals surface area contributed by atoms with E-state index in [0.29, 0.717) is 0 Å². The van der Waals surface area contributed by atoms with Crippen LogP contribution in [0, 0.1) is 6.92 Å². The molecule has 0 amide bonds. The first kappa shape index (κ1) is 13.8. The number of aliphatic hydroxyl groups excluding tert-OH is 1. The van der Waals surface area contributed by atoms with Gasteiger partial charge in [-0.05, 0) is 37.1 Å². The Kier molecular flexibility index (Phi) is 3.47. The van der Waals surface area contributed by atoms with E-state index in [1.807, 2.05) is 57.4 Å². The maximum atomic E-state index is 10.7. The summed E-state index contributed by atoms with van der Waals surface area (Å²) in [6.07, 6.45) is 2.04. The van der Waals surface area contributed by atoms with Crippen LogP contribution in [0.5, 0.6) is 0 Å². The van der Waals surface area contributed by atoms with Crippen LogP contribution in [-0.2, 0) is 13.5 Å². The van der Waals surface area contributed by atoms with Gasteiger partial charge < -0.3 is 5.11 Å². The molecule has 1 atom stereocenters. The van der Waals surface area contributed by atoms with E-state index in [9.17, 15) is 5.11 Å². The fourth-order valence-electron chi connectivity index (χ4n) is 2.65. The summed E-state index contributed by atoms with van der Waals surface area (Å²) in [4.78, 5) is 4.49. The minimum Gasteiger partial charge on any atom is -0.384 e. The number of hydrogen-bond donors (Lipinski definition) is 1. The van der Waals surface area contributed by atoms with Crippen LogP contribution in [0.1, 0.15) is 35.5 Å². The van der Waals surface area contributed by atoms with E-state index in [1.54, 1.807) is 4.68 Å². The van der Waals surface area contributed by atoms with Gasteiger partial charge in [-0.15, -0.1) is 0 Å². The summed E-state index contributed by atoms with van der Waals surface area (Å²) in [5.41, 5.74) is 4.63. The van der Waals surface area contributed by atoms with E-state index in [4.69, 9.17) is 0 Å². The molecule has 0 bridgehead atoms. The lowest BCUT2D eigenvalue weighted by atomic mass is 9.99. The fourth-order valence-corrected chi connectivity index (χ4v) is 2.65. The van der Waals surface area contributed by atoms with Crippen molar-refractivity contribution < 1.29 is 5.11 Å². The smallest absolute Gasteiger partial charge is 0.107 e. The van der Waals surface area contributed by atoms with Gasteiger partial charge in [0.1, 0.15) is 6.10 Å². The van der Waals surface area contributed by atoms with Crippen molar-refractivity contribution in [1.82, 2.24) is 14.8 Å². The Balaban J connectivity index is 2.04.